The number of nitrogens with two attached hydrogens (primary N) is 1. The Morgan fingerprint density at radius 1 is 1.22 bits per heavy atom. The van der Waals surface area contributed by atoms with Gasteiger partial charge in [0.2, 0.25) is 0 Å². The molecule has 0 bridgehead atoms. The first-order valence-electron chi connectivity index (χ1n) is 5.47. The maximum Gasteiger partial charge on any atom is 0.159 e. The summed E-state index contributed by atoms with van der Waals surface area (Å²) in [5, 5.41) is 6.61. The largest absolute Gasteiger partial charge is 0.382 e. The van der Waals surface area contributed by atoms with E-state index in [4.69, 9.17) is 5.73 Å². The number of hydrogen-bond acceptors (Lipinski definition) is 3. The topological polar surface area (TPSA) is 57.9 Å². The highest BCUT2D eigenvalue weighted by Crippen LogP contribution is 2.12. The summed E-state index contributed by atoms with van der Waals surface area (Å²) in [6, 6.07) is 5.64. The third-order valence-corrected chi connectivity index (χ3v) is 2.53. The van der Waals surface area contributed by atoms with Crippen LogP contribution in [0.2, 0.25) is 0 Å². The van der Waals surface area contributed by atoms with Crippen LogP contribution in [0.4, 0.5) is 14.6 Å². The molecule has 1 aromatic carbocycles. The van der Waals surface area contributed by atoms with Gasteiger partial charge in [-0.15, -0.1) is 0 Å². The van der Waals surface area contributed by atoms with E-state index in [1.807, 2.05) is 11.9 Å². The molecule has 0 radical (unpaired) electrons. The average molecular weight is 252 g/mol. The summed E-state index contributed by atoms with van der Waals surface area (Å²) in [6.45, 7) is 1.11. The summed E-state index contributed by atoms with van der Waals surface area (Å²) in [4.78, 5) is 1.94. The normalized spacial score (nSPS) is 11.1. The number of benzene rings is 1. The van der Waals surface area contributed by atoms with Gasteiger partial charge in [0.1, 0.15) is 5.82 Å². The van der Waals surface area contributed by atoms with E-state index in [1.54, 1.807) is 12.1 Å². The van der Waals surface area contributed by atoms with E-state index in [9.17, 15) is 8.78 Å². The number of H-pyrrole nitrogens is 1. The standard InChI is InChI=1S/C12H14F2N4/c1-18(7-9-5-12(15)17-16-9)6-8-2-3-10(13)11(14)4-8/h2-5H,6-7H2,1H3,(H3,15,16,17). The first-order valence-corrected chi connectivity index (χ1v) is 5.47. The first kappa shape index (κ1) is 12.5. The van der Waals surface area contributed by atoms with Crippen molar-refractivity contribution < 1.29 is 8.78 Å². The Balaban J connectivity index is 1.98. The lowest BCUT2D eigenvalue weighted by atomic mass is 10.2. The summed E-state index contributed by atoms with van der Waals surface area (Å²) < 4.78 is 25.8. The first-order chi connectivity index (χ1) is 8.54. The van der Waals surface area contributed by atoms with Gasteiger partial charge in [0.15, 0.2) is 11.6 Å². The molecule has 0 atom stereocenters. The Hall–Kier alpha value is -1.95. The van der Waals surface area contributed by atoms with E-state index < -0.39 is 11.6 Å². The van der Waals surface area contributed by atoms with Crippen LogP contribution in [0.25, 0.3) is 0 Å². The molecular weight excluding hydrogens is 238 g/mol. The third-order valence-electron chi connectivity index (χ3n) is 2.53. The van der Waals surface area contributed by atoms with Gasteiger partial charge in [0.05, 0.1) is 5.69 Å². The molecule has 0 aliphatic heterocycles. The molecule has 0 amide bonds. The molecule has 0 saturated heterocycles. The Kier molecular flexibility index (Phi) is 3.57. The van der Waals surface area contributed by atoms with Crippen molar-refractivity contribution in [1.82, 2.24) is 15.1 Å². The second-order valence-corrected chi connectivity index (χ2v) is 4.24. The maximum absolute atomic E-state index is 13.0. The molecule has 0 aliphatic carbocycles. The molecule has 4 nitrogen and oxygen atoms in total. The molecule has 1 aromatic heterocycles. The Bertz CT molecular complexity index is 539. The van der Waals surface area contributed by atoms with Crippen LogP contribution in [0, 0.1) is 11.6 Å². The highest BCUT2D eigenvalue weighted by Gasteiger charge is 2.07. The van der Waals surface area contributed by atoms with Crippen molar-refractivity contribution in [3.63, 3.8) is 0 Å². The van der Waals surface area contributed by atoms with E-state index >= 15 is 0 Å². The third kappa shape index (κ3) is 3.04. The minimum absolute atomic E-state index is 0.436. The monoisotopic (exact) mass is 252 g/mol. The maximum atomic E-state index is 13.0. The highest BCUT2D eigenvalue weighted by molar-refractivity contribution is 5.28. The second-order valence-electron chi connectivity index (χ2n) is 4.24. The number of aromatic nitrogens is 2. The minimum atomic E-state index is -0.831. The number of halogens is 2. The molecule has 0 spiro atoms. The fraction of sp³-hybridized carbons (Fsp3) is 0.250. The molecule has 0 unspecified atom stereocenters. The number of rotatable bonds is 4. The number of hydrogen-bond donors (Lipinski definition) is 2. The molecule has 3 N–H and O–H groups in total. The van der Waals surface area contributed by atoms with Crippen molar-refractivity contribution >= 4 is 5.82 Å². The molecule has 0 aliphatic rings. The van der Waals surface area contributed by atoms with Gasteiger partial charge in [-0.1, -0.05) is 6.07 Å². The van der Waals surface area contributed by atoms with Crippen LogP contribution in [-0.4, -0.2) is 22.1 Å². The zero-order valence-corrected chi connectivity index (χ0v) is 9.95. The Labute approximate surface area is 103 Å². The van der Waals surface area contributed by atoms with Crippen LogP contribution >= 0.6 is 0 Å². The molecule has 96 valence electrons. The van der Waals surface area contributed by atoms with Crippen molar-refractivity contribution in [2.24, 2.45) is 0 Å². The van der Waals surface area contributed by atoms with Crippen LogP contribution in [0.5, 0.6) is 0 Å². The van der Waals surface area contributed by atoms with Gasteiger partial charge < -0.3 is 5.73 Å². The molecule has 2 rings (SSSR count). The number of aromatic amines is 1. The number of nitrogens with one attached hydrogen (secondary N) is 1. The fourth-order valence-corrected chi connectivity index (χ4v) is 1.76. The summed E-state index contributed by atoms with van der Waals surface area (Å²) in [7, 11) is 1.87. The van der Waals surface area contributed by atoms with Gasteiger partial charge >= 0.3 is 0 Å². The Morgan fingerprint density at radius 2 is 2.00 bits per heavy atom. The minimum Gasteiger partial charge on any atom is -0.382 e. The van der Waals surface area contributed by atoms with Crippen LogP contribution in [0.1, 0.15) is 11.3 Å². The van der Waals surface area contributed by atoms with Crippen LogP contribution < -0.4 is 5.73 Å². The SMILES string of the molecule is CN(Cc1ccc(F)c(F)c1)Cc1cc(N)n[nH]1. The van der Waals surface area contributed by atoms with E-state index in [-0.39, 0.29) is 0 Å². The average Bonchev–Trinajstić information content (AvgIpc) is 2.69. The van der Waals surface area contributed by atoms with Gasteiger partial charge in [0.25, 0.3) is 0 Å². The van der Waals surface area contributed by atoms with Crippen molar-refractivity contribution in [3.05, 3.63) is 47.2 Å². The molecule has 6 heteroatoms. The van der Waals surface area contributed by atoms with E-state index in [0.717, 1.165) is 11.8 Å². The van der Waals surface area contributed by atoms with Crippen LogP contribution in [-0.2, 0) is 13.1 Å². The Morgan fingerprint density at radius 3 is 2.61 bits per heavy atom. The van der Waals surface area contributed by atoms with Gasteiger partial charge in [0, 0.05) is 19.2 Å². The summed E-state index contributed by atoms with van der Waals surface area (Å²) in [5.41, 5.74) is 7.08. The zero-order valence-electron chi connectivity index (χ0n) is 9.95. The van der Waals surface area contributed by atoms with Gasteiger partial charge in [-0.25, -0.2) is 8.78 Å². The fourth-order valence-electron chi connectivity index (χ4n) is 1.76. The predicted molar refractivity (Wildman–Crippen MR) is 64.5 cm³/mol. The number of nitrogens with zero attached hydrogens (tertiary/aromatic N) is 2. The molecule has 1 heterocycles. The van der Waals surface area contributed by atoms with Crippen molar-refractivity contribution in [1.29, 1.82) is 0 Å². The van der Waals surface area contributed by atoms with Crippen molar-refractivity contribution in [2.75, 3.05) is 12.8 Å². The quantitative estimate of drug-likeness (QED) is 0.873. The zero-order chi connectivity index (χ0) is 13.1. The lowest BCUT2D eigenvalue weighted by Gasteiger charge is -2.15. The smallest absolute Gasteiger partial charge is 0.159 e. The molecule has 0 fully saturated rings. The lowest BCUT2D eigenvalue weighted by Crippen LogP contribution is -2.17. The van der Waals surface area contributed by atoms with Crippen LogP contribution in [0.3, 0.4) is 0 Å². The van der Waals surface area contributed by atoms with Gasteiger partial charge in [-0.2, -0.15) is 5.10 Å². The summed E-state index contributed by atoms with van der Waals surface area (Å²) in [5.74, 6) is -1.22. The number of nitrogen functional groups attached to an aromatic ring is 1. The predicted octanol–water partition coefficient (Wildman–Crippen LogP) is 1.90. The summed E-state index contributed by atoms with van der Waals surface area (Å²) >= 11 is 0. The number of anilines is 1. The van der Waals surface area contributed by atoms with Crippen LogP contribution in [0.15, 0.2) is 24.3 Å². The van der Waals surface area contributed by atoms with Crippen molar-refractivity contribution in [3.8, 4) is 0 Å². The highest BCUT2D eigenvalue weighted by atomic mass is 19.2. The molecular formula is C12H14F2N4. The molecule has 18 heavy (non-hydrogen) atoms. The van der Waals surface area contributed by atoms with E-state index in [2.05, 4.69) is 10.2 Å². The van der Waals surface area contributed by atoms with E-state index in [1.165, 1.54) is 6.07 Å². The second kappa shape index (κ2) is 5.14. The lowest BCUT2D eigenvalue weighted by molar-refractivity contribution is 0.314. The van der Waals surface area contributed by atoms with Gasteiger partial charge in [-0.05, 0) is 24.7 Å². The van der Waals surface area contributed by atoms with Gasteiger partial charge in [-0.3, -0.25) is 10.00 Å². The summed E-state index contributed by atoms with van der Waals surface area (Å²) in [6.07, 6.45) is 0. The molecule has 0 saturated carbocycles. The van der Waals surface area contributed by atoms with E-state index in [0.29, 0.717) is 24.5 Å². The molecule has 2 aromatic rings. The van der Waals surface area contributed by atoms with Crippen molar-refractivity contribution in [2.45, 2.75) is 13.1 Å².